The summed E-state index contributed by atoms with van der Waals surface area (Å²) in [6, 6.07) is 1.25. The Morgan fingerprint density at radius 1 is 1.00 bits per heavy atom. The van der Waals surface area contributed by atoms with Gasteiger partial charge in [0, 0.05) is 6.20 Å². The molecule has 1 rings (SSSR count). The monoisotopic (exact) mass is 267 g/mol. The first kappa shape index (κ1) is 13.8. The van der Waals surface area contributed by atoms with Crippen molar-refractivity contribution < 1.29 is 35.1 Å². The summed E-state index contributed by atoms with van der Waals surface area (Å²) in [6.07, 6.45) is -4.13. The number of alkyl halides is 8. The standard InChI is InChI=1S/C8H5F8N/c9-5(10)7(13,14)8(15,16)6(11,12)4-2-1-3-17-4/h1-3,5,17H. The summed E-state index contributed by atoms with van der Waals surface area (Å²) in [6.45, 7) is 0. The van der Waals surface area contributed by atoms with Gasteiger partial charge in [-0.15, -0.1) is 0 Å². The van der Waals surface area contributed by atoms with Crippen LogP contribution in [0.3, 0.4) is 0 Å². The molecule has 9 heteroatoms. The van der Waals surface area contributed by atoms with Crippen LogP contribution < -0.4 is 0 Å². The van der Waals surface area contributed by atoms with Crippen molar-refractivity contribution in [1.82, 2.24) is 4.98 Å². The van der Waals surface area contributed by atoms with Gasteiger partial charge in [0.1, 0.15) is 0 Å². The Hall–Kier alpha value is -1.28. The Bertz CT molecular complexity index is 369. The van der Waals surface area contributed by atoms with Crippen LogP contribution >= 0.6 is 0 Å². The third-order valence-electron chi connectivity index (χ3n) is 2.02. The van der Waals surface area contributed by atoms with Crippen molar-refractivity contribution in [3.05, 3.63) is 24.0 Å². The molecule has 0 aliphatic carbocycles. The van der Waals surface area contributed by atoms with Crippen molar-refractivity contribution in [2.24, 2.45) is 0 Å². The molecule has 1 heterocycles. The van der Waals surface area contributed by atoms with Crippen molar-refractivity contribution in [3.63, 3.8) is 0 Å². The van der Waals surface area contributed by atoms with Gasteiger partial charge in [0.15, 0.2) is 0 Å². The molecule has 0 aliphatic heterocycles. The van der Waals surface area contributed by atoms with Crippen LogP contribution in [0.4, 0.5) is 35.1 Å². The average Bonchev–Trinajstić information content (AvgIpc) is 2.69. The van der Waals surface area contributed by atoms with E-state index in [0.717, 1.165) is 12.3 Å². The second-order valence-electron chi connectivity index (χ2n) is 3.16. The largest absolute Gasteiger partial charge is 0.383 e. The molecule has 0 unspecified atom stereocenters. The lowest BCUT2D eigenvalue weighted by atomic mass is 10.0. The summed E-state index contributed by atoms with van der Waals surface area (Å²) in [7, 11) is 0. The molecule has 1 nitrogen and oxygen atoms in total. The topological polar surface area (TPSA) is 15.8 Å². The van der Waals surface area contributed by atoms with E-state index in [-0.39, 0.29) is 0 Å². The maximum atomic E-state index is 13.0. The number of hydrogen-bond donors (Lipinski definition) is 1. The number of nitrogens with one attached hydrogen (secondary N) is 1. The molecule has 0 aliphatic rings. The summed E-state index contributed by atoms with van der Waals surface area (Å²) in [5.41, 5.74) is -1.57. The highest BCUT2D eigenvalue weighted by Gasteiger charge is 2.76. The Kier molecular flexibility index (Phi) is 3.15. The minimum atomic E-state index is -6.21. The zero-order valence-corrected chi connectivity index (χ0v) is 7.83. The number of aromatic amines is 1. The summed E-state index contributed by atoms with van der Waals surface area (Å²) < 4.78 is 99.9. The smallest absolute Gasteiger partial charge is 0.360 e. The quantitative estimate of drug-likeness (QED) is 0.801. The van der Waals surface area contributed by atoms with E-state index in [9.17, 15) is 35.1 Å². The Morgan fingerprint density at radius 3 is 1.88 bits per heavy atom. The van der Waals surface area contributed by atoms with E-state index < -0.39 is 29.9 Å². The molecule has 1 N–H and O–H groups in total. The molecule has 1 aromatic rings. The van der Waals surface area contributed by atoms with Gasteiger partial charge >= 0.3 is 24.2 Å². The van der Waals surface area contributed by atoms with Crippen molar-refractivity contribution in [3.8, 4) is 0 Å². The van der Waals surface area contributed by atoms with Crippen LogP contribution in [-0.2, 0) is 5.92 Å². The third kappa shape index (κ3) is 1.87. The Labute approximate surface area is 89.4 Å². The molecular formula is C8H5F8N. The van der Waals surface area contributed by atoms with Crippen molar-refractivity contribution in [2.75, 3.05) is 0 Å². The van der Waals surface area contributed by atoms with E-state index in [0.29, 0.717) is 6.07 Å². The molecule has 98 valence electrons. The highest BCUT2D eigenvalue weighted by atomic mass is 19.4. The molecule has 1 aromatic heterocycles. The van der Waals surface area contributed by atoms with E-state index in [4.69, 9.17) is 0 Å². The zero-order valence-electron chi connectivity index (χ0n) is 7.83. The summed E-state index contributed by atoms with van der Waals surface area (Å²) in [5.74, 6) is -17.8. The first-order valence-electron chi connectivity index (χ1n) is 4.10. The van der Waals surface area contributed by atoms with E-state index in [1.807, 2.05) is 0 Å². The van der Waals surface area contributed by atoms with Crippen molar-refractivity contribution in [1.29, 1.82) is 0 Å². The van der Waals surface area contributed by atoms with Gasteiger partial charge in [0.05, 0.1) is 5.69 Å². The van der Waals surface area contributed by atoms with E-state index >= 15 is 0 Å². The van der Waals surface area contributed by atoms with Crippen molar-refractivity contribution in [2.45, 2.75) is 24.2 Å². The maximum absolute atomic E-state index is 13.0. The minimum absolute atomic E-state index is 0.398. The third-order valence-corrected chi connectivity index (χ3v) is 2.02. The van der Waals surface area contributed by atoms with Crippen LogP contribution in [0.1, 0.15) is 5.69 Å². The van der Waals surface area contributed by atoms with Gasteiger partial charge in [-0.25, -0.2) is 8.78 Å². The average molecular weight is 267 g/mol. The maximum Gasteiger partial charge on any atom is 0.383 e. The van der Waals surface area contributed by atoms with Crippen LogP contribution in [0.25, 0.3) is 0 Å². The van der Waals surface area contributed by atoms with Gasteiger partial charge < -0.3 is 4.98 Å². The van der Waals surface area contributed by atoms with Gasteiger partial charge in [0.25, 0.3) is 0 Å². The second kappa shape index (κ2) is 3.88. The highest BCUT2D eigenvalue weighted by Crippen LogP contribution is 2.52. The lowest BCUT2D eigenvalue weighted by Gasteiger charge is -2.31. The van der Waals surface area contributed by atoms with Gasteiger partial charge in [-0.3, -0.25) is 0 Å². The Balaban J connectivity index is 3.22. The van der Waals surface area contributed by atoms with Crippen LogP contribution in [0, 0.1) is 0 Å². The molecule has 0 radical (unpaired) electrons. The van der Waals surface area contributed by atoms with Crippen LogP contribution in [0.2, 0.25) is 0 Å². The number of H-pyrrole nitrogens is 1. The molecular weight excluding hydrogens is 262 g/mol. The molecule has 0 saturated carbocycles. The summed E-state index contributed by atoms with van der Waals surface area (Å²) in [5, 5.41) is 0. The number of aromatic nitrogens is 1. The highest BCUT2D eigenvalue weighted by molar-refractivity contribution is 5.16. The van der Waals surface area contributed by atoms with Gasteiger partial charge in [-0.2, -0.15) is 26.3 Å². The normalized spacial score (nSPS) is 14.4. The molecule has 0 fully saturated rings. The fraction of sp³-hybridized carbons (Fsp3) is 0.500. The van der Waals surface area contributed by atoms with Gasteiger partial charge in [-0.1, -0.05) is 0 Å². The number of halogens is 8. The minimum Gasteiger partial charge on any atom is -0.360 e. The fourth-order valence-corrected chi connectivity index (χ4v) is 1.04. The molecule has 17 heavy (non-hydrogen) atoms. The van der Waals surface area contributed by atoms with Gasteiger partial charge in [0.2, 0.25) is 0 Å². The summed E-state index contributed by atoms with van der Waals surface area (Å²) >= 11 is 0. The lowest BCUT2D eigenvalue weighted by molar-refractivity contribution is -0.344. The first-order valence-corrected chi connectivity index (χ1v) is 4.10. The van der Waals surface area contributed by atoms with Crippen LogP contribution in [-0.4, -0.2) is 23.3 Å². The molecule has 0 spiro atoms. The Morgan fingerprint density at radius 2 is 1.53 bits per heavy atom. The lowest BCUT2D eigenvalue weighted by Crippen LogP contribution is -2.56. The van der Waals surface area contributed by atoms with Gasteiger partial charge in [-0.05, 0) is 12.1 Å². The summed E-state index contributed by atoms with van der Waals surface area (Å²) in [4.78, 5) is 1.59. The van der Waals surface area contributed by atoms with Crippen molar-refractivity contribution >= 4 is 0 Å². The predicted molar refractivity (Wildman–Crippen MR) is 40.6 cm³/mol. The van der Waals surface area contributed by atoms with E-state index in [1.54, 1.807) is 4.98 Å². The predicted octanol–water partition coefficient (Wildman–Crippen LogP) is 3.64. The molecule has 0 bridgehead atoms. The zero-order chi connectivity index (χ0) is 13.5. The molecule has 0 aromatic carbocycles. The fourth-order valence-electron chi connectivity index (χ4n) is 1.04. The molecule has 0 atom stereocenters. The van der Waals surface area contributed by atoms with E-state index in [2.05, 4.69) is 0 Å². The second-order valence-corrected chi connectivity index (χ2v) is 3.16. The first-order chi connectivity index (χ1) is 7.55. The number of hydrogen-bond acceptors (Lipinski definition) is 0. The van der Waals surface area contributed by atoms with E-state index in [1.165, 1.54) is 0 Å². The molecule has 0 saturated heterocycles. The SMILES string of the molecule is FC(F)C(F)(F)C(F)(F)C(F)(F)c1ccc[nH]1. The molecule has 0 amide bonds. The van der Waals surface area contributed by atoms with Crippen LogP contribution in [0.15, 0.2) is 18.3 Å². The number of rotatable bonds is 4. The van der Waals surface area contributed by atoms with Crippen LogP contribution in [0.5, 0.6) is 0 Å².